The van der Waals surface area contributed by atoms with Crippen LogP contribution >= 0.6 is 0 Å². The van der Waals surface area contributed by atoms with Crippen LogP contribution in [0.25, 0.3) is 5.65 Å². The molecule has 0 N–H and O–H groups in total. The first-order valence-electron chi connectivity index (χ1n) is 6.50. The molecule has 1 saturated heterocycles. The first kappa shape index (κ1) is 13.0. The Morgan fingerprint density at radius 2 is 2.25 bits per heavy atom. The zero-order valence-electron chi connectivity index (χ0n) is 11.3. The van der Waals surface area contributed by atoms with Gasteiger partial charge in [-0.3, -0.25) is 4.90 Å². The summed E-state index contributed by atoms with van der Waals surface area (Å²) in [6.45, 7) is 3.98. The van der Waals surface area contributed by atoms with E-state index in [-0.39, 0.29) is 5.97 Å². The molecule has 0 unspecified atom stereocenters. The molecule has 7 nitrogen and oxygen atoms in total. The highest BCUT2D eigenvalue weighted by atomic mass is 16.5. The molecule has 106 valence electrons. The molecule has 2 aromatic heterocycles. The van der Waals surface area contributed by atoms with Gasteiger partial charge in [0.2, 0.25) is 0 Å². The molecular weight excluding hydrogens is 260 g/mol. The highest BCUT2D eigenvalue weighted by Crippen LogP contribution is 2.09. The normalized spacial score (nSPS) is 16.4. The molecule has 1 aliphatic heterocycles. The number of rotatable bonds is 3. The van der Waals surface area contributed by atoms with E-state index < -0.39 is 0 Å². The number of aromatic nitrogens is 3. The Morgan fingerprint density at radius 1 is 1.45 bits per heavy atom. The van der Waals surface area contributed by atoms with Crippen LogP contribution < -0.4 is 0 Å². The first-order valence-corrected chi connectivity index (χ1v) is 6.50. The first-order chi connectivity index (χ1) is 9.76. The molecule has 7 heteroatoms. The maximum atomic E-state index is 11.5. The van der Waals surface area contributed by atoms with Gasteiger partial charge in [0.05, 0.1) is 32.4 Å². The molecule has 0 amide bonds. The Bertz CT molecular complexity index is 619. The van der Waals surface area contributed by atoms with E-state index in [4.69, 9.17) is 9.47 Å². The molecule has 3 rings (SSSR count). The van der Waals surface area contributed by atoms with Crippen LogP contribution in [0.4, 0.5) is 0 Å². The summed E-state index contributed by atoms with van der Waals surface area (Å²) in [6, 6.07) is 3.35. The fourth-order valence-electron chi connectivity index (χ4n) is 2.20. The smallest absolute Gasteiger partial charge is 0.338 e. The van der Waals surface area contributed by atoms with E-state index in [0.717, 1.165) is 32.1 Å². The molecule has 0 radical (unpaired) electrons. The van der Waals surface area contributed by atoms with Gasteiger partial charge in [-0.15, -0.1) is 5.10 Å². The third-order valence-electron chi connectivity index (χ3n) is 3.27. The summed E-state index contributed by atoms with van der Waals surface area (Å²) in [7, 11) is 1.36. The number of morpholine rings is 1. The summed E-state index contributed by atoms with van der Waals surface area (Å²) in [5, 5.41) is 4.40. The lowest BCUT2D eigenvalue weighted by Gasteiger charge is -2.25. The molecule has 0 aliphatic carbocycles. The van der Waals surface area contributed by atoms with Crippen molar-refractivity contribution >= 4 is 11.6 Å². The van der Waals surface area contributed by atoms with Crippen molar-refractivity contribution in [1.82, 2.24) is 19.5 Å². The number of fused-ring (bicyclic) bond motifs is 1. The van der Waals surface area contributed by atoms with Gasteiger partial charge in [-0.05, 0) is 12.1 Å². The summed E-state index contributed by atoms with van der Waals surface area (Å²) in [6.07, 6.45) is 1.72. The van der Waals surface area contributed by atoms with Gasteiger partial charge in [-0.1, -0.05) is 0 Å². The third-order valence-corrected chi connectivity index (χ3v) is 3.27. The van der Waals surface area contributed by atoms with Crippen LogP contribution in [0.5, 0.6) is 0 Å². The van der Waals surface area contributed by atoms with Gasteiger partial charge in [0.1, 0.15) is 0 Å². The fraction of sp³-hybridized carbons (Fsp3) is 0.462. The molecule has 20 heavy (non-hydrogen) atoms. The third kappa shape index (κ3) is 2.63. The van der Waals surface area contributed by atoms with E-state index in [1.165, 1.54) is 7.11 Å². The molecular formula is C13H16N4O3. The average molecular weight is 276 g/mol. The quantitative estimate of drug-likeness (QED) is 0.753. The Kier molecular flexibility index (Phi) is 3.62. The number of carbonyl (C=O) groups excluding carboxylic acids is 1. The van der Waals surface area contributed by atoms with Gasteiger partial charge >= 0.3 is 5.97 Å². The monoisotopic (exact) mass is 276 g/mol. The van der Waals surface area contributed by atoms with Gasteiger partial charge in [0.15, 0.2) is 11.5 Å². The Balaban J connectivity index is 1.81. The van der Waals surface area contributed by atoms with Crippen molar-refractivity contribution < 1.29 is 14.3 Å². The summed E-state index contributed by atoms with van der Waals surface area (Å²) >= 11 is 0. The van der Waals surface area contributed by atoms with Gasteiger partial charge in [-0.2, -0.15) is 0 Å². The topological polar surface area (TPSA) is 69.0 Å². The summed E-state index contributed by atoms with van der Waals surface area (Å²) < 4.78 is 11.7. The number of esters is 1. The zero-order valence-corrected chi connectivity index (χ0v) is 11.3. The van der Waals surface area contributed by atoms with E-state index >= 15 is 0 Å². The number of hydrogen-bond donors (Lipinski definition) is 0. The highest BCUT2D eigenvalue weighted by molar-refractivity contribution is 5.90. The van der Waals surface area contributed by atoms with Crippen molar-refractivity contribution in [3.63, 3.8) is 0 Å². The lowest BCUT2D eigenvalue weighted by molar-refractivity contribution is 0.0331. The second kappa shape index (κ2) is 5.56. The number of methoxy groups -OCH3 is 1. The maximum Gasteiger partial charge on any atom is 0.338 e. The highest BCUT2D eigenvalue weighted by Gasteiger charge is 2.14. The minimum atomic E-state index is -0.370. The number of pyridine rings is 1. The minimum Gasteiger partial charge on any atom is -0.465 e. The van der Waals surface area contributed by atoms with Crippen molar-refractivity contribution in [2.75, 3.05) is 33.4 Å². The van der Waals surface area contributed by atoms with Crippen LogP contribution in [0.2, 0.25) is 0 Å². The molecule has 1 aliphatic rings. The fourth-order valence-corrected chi connectivity index (χ4v) is 2.20. The molecule has 3 heterocycles. The second-order valence-electron chi connectivity index (χ2n) is 4.63. The average Bonchev–Trinajstić information content (AvgIpc) is 2.88. The zero-order chi connectivity index (χ0) is 13.9. The molecule has 0 saturated carbocycles. The predicted octanol–water partition coefficient (Wildman–Crippen LogP) is 0.348. The SMILES string of the molecule is COC(=O)c1ccn2nc(CN3CCOCC3)nc2c1. The lowest BCUT2D eigenvalue weighted by atomic mass is 10.3. The van der Waals surface area contributed by atoms with Crippen LogP contribution in [0.15, 0.2) is 18.3 Å². The minimum absolute atomic E-state index is 0.370. The van der Waals surface area contributed by atoms with Crippen LogP contribution in [0.3, 0.4) is 0 Å². The van der Waals surface area contributed by atoms with E-state index in [2.05, 4.69) is 15.0 Å². The Hall–Kier alpha value is -1.99. The largest absolute Gasteiger partial charge is 0.465 e. The van der Waals surface area contributed by atoms with Crippen molar-refractivity contribution in [1.29, 1.82) is 0 Å². The maximum absolute atomic E-state index is 11.5. The van der Waals surface area contributed by atoms with E-state index in [1.807, 2.05) is 0 Å². The predicted molar refractivity (Wildman–Crippen MR) is 70.4 cm³/mol. The van der Waals surface area contributed by atoms with Crippen molar-refractivity contribution in [3.8, 4) is 0 Å². The van der Waals surface area contributed by atoms with E-state index in [1.54, 1.807) is 22.8 Å². The van der Waals surface area contributed by atoms with Crippen LogP contribution in [-0.4, -0.2) is 58.9 Å². The summed E-state index contributed by atoms with van der Waals surface area (Å²) in [4.78, 5) is 18.2. The molecule has 2 aromatic rings. The van der Waals surface area contributed by atoms with Gasteiger partial charge < -0.3 is 9.47 Å². The van der Waals surface area contributed by atoms with E-state index in [9.17, 15) is 4.79 Å². The number of nitrogens with zero attached hydrogens (tertiary/aromatic N) is 4. The van der Waals surface area contributed by atoms with Crippen LogP contribution in [-0.2, 0) is 16.0 Å². The van der Waals surface area contributed by atoms with Gasteiger partial charge in [-0.25, -0.2) is 14.3 Å². The standard InChI is InChI=1S/C13H16N4O3/c1-19-13(18)10-2-3-17-12(8-10)14-11(15-17)9-16-4-6-20-7-5-16/h2-3,8H,4-7,9H2,1H3. The molecule has 0 spiro atoms. The Labute approximate surface area is 116 Å². The number of hydrogen-bond acceptors (Lipinski definition) is 6. The van der Waals surface area contributed by atoms with Crippen LogP contribution in [0.1, 0.15) is 16.2 Å². The molecule has 0 aromatic carbocycles. The number of carbonyl (C=O) groups is 1. The van der Waals surface area contributed by atoms with Crippen molar-refractivity contribution in [3.05, 3.63) is 29.7 Å². The summed E-state index contributed by atoms with van der Waals surface area (Å²) in [5.74, 6) is 0.374. The molecule has 0 bridgehead atoms. The second-order valence-corrected chi connectivity index (χ2v) is 4.63. The van der Waals surface area contributed by atoms with Gasteiger partial charge in [0, 0.05) is 19.3 Å². The van der Waals surface area contributed by atoms with Crippen molar-refractivity contribution in [2.45, 2.75) is 6.54 Å². The van der Waals surface area contributed by atoms with Gasteiger partial charge in [0.25, 0.3) is 0 Å². The van der Waals surface area contributed by atoms with E-state index in [0.29, 0.717) is 17.8 Å². The number of ether oxygens (including phenoxy) is 2. The van der Waals surface area contributed by atoms with Crippen molar-refractivity contribution in [2.24, 2.45) is 0 Å². The van der Waals surface area contributed by atoms with Crippen LogP contribution in [0, 0.1) is 0 Å². The lowest BCUT2D eigenvalue weighted by Crippen LogP contribution is -2.35. The molecule has 1 fully saturated rings. The summed E-state index contributed by atoms with van der Waals surface area (Å²) in [5.41, 5.74) is 1.13. The molecule has 0 atom stereocenters. The Morgan fingerprint density at radius 3 is 3.00 bits per heavy atom.